The molecule has 0 aliphatic carbocycles. The Balaban J connectivity index is 2.14. The molecule has 3 heteroatoms. The van der Waals surface area contributed by atoms with Crippen LogP contribution in [0.4, 0.5) is 5.69 Å². The molecule has 0 bridgehead atoms. The van der Waals surface area contributed by atoms with Crippen LogP contribution in [0.15, 0.2) is 12.3 Å². The van der Waals surface area contributed by atoms with Gasteiger partial charge in [0, 0.05) is 36.2 Å². The van der Waals surface area contributed by atoms with E-state index in [2.05, 4.69) is 22.9 Å². The average molecular weight is 253 g/mol. The normalized spacial score (nSPS) is 19.9. The molecule has 0 spiro atoms. The first-order valence-corrected chi connectivity index (χ1v) is 7.04. The summed E-state index contributed by atoms with van der Waals surface area (Å²) < 4.78 is 0. The number of rotatable bonds is 4. The second-order valence-electron chi connectivity index (χ2n) is 4.98. The maximum absolute atomic E-state index is 5.99. The second kappa shape index (κ2) is 5.72. The predicted molar refractivity (Wildman–Crippen MR) is 73.8 cm³/mol. The van der Waals surface area contributed by atoms with Crippen molar-refractivity contribution >= 4 is 17.3 Å². The van der Waals surface area contributed by atoms with Gasteiger partial charge in [-0.25, -0.2) is 0 Å². The summed E-state index contributed by atoms with van der Waals surface area (Å²) in [5, 5.41) is 0. The van der Waals surface area contributed by atoms with Crippen molar-refractivity contribution in [1.29, 1.82) is 0 Å². The summed E-state index contributed by atoms with van der Waals surface area (Å²) in [6, 6.07) is 2.17. The molecule has 2 nitrogen and oxygen atoms in total. The molecular weight excluding hydrogens is 232 g/mol. The third kappa shape index (κ3) is 2.92. The Morgan fingerprint density at radius 1 is 1.53 bits per heavy atom. The molecule has 1 fully saturated rings. The number of nitrogens with zero attached hydrogens (tertiary/aromatic N) is 2. The van der Waals surface area contributed by atoms with Gasteiger partial charge in [0.25, 0.3) is 0 Å². The van der Waals surface area contributed by atoms with Crippen molar-refractivity contribution in [2.45, 2.75) is 39.0 Å². The Morgan fingerprint density at radius 2 is 2.35 bits per heavy atom. The number of halogens is 1. The first kappa shape index (κ1) is 12.7. The van der Waals surface area contributed by atoms with Crippen molar-refractivity contribution in [3.05, 3.63) is 23.5 Å². The van der Waals surface area contributed by atoms with Crippen molar-refractivity contribution in [2.75, 3.05) is 18.0 Å². The van der Waals surface area contributed by atoms with Gasteiger partial charge in [0.1, 0.15) is 0 Å². The Morgan fingerprint density at radius 3 is 3.06 bits per heavy atom. The predicted octanol–water partition coefficient (Wildman–Crippen LogP) is 3.76. The number of alkyl halides is 1. The zero-order valence-corrected chi connectivity index (χ0v) is 11.5. The molecule has 0 N–H and O–H groups in total. The minimum atomic E-state index is 0.553. The first-order chi connectivity index (χ1) is 8.24. The van der Waals surface area contributed by atoms with Crippen LogP contribution in [0.1, 0.15) is 37.4 Å². The third-order valence-electron chi connectivity index (χ3n) is 3.57. The van der Waals surface area contributed by atoms with E-state index in [4.69, 9.17) is 11.6 Å². The van der Waals surface area contributed by atoms with Gasteiger partial charge in [-0.3, -0.25) is 4.98 Å². The summed E-state index contributed by atoms with van der Waals surface area (Å²) in [7, 11) is 0. The largest absolute Gasteiger partial charge is 0.371 e. The molecule has 1 saturated heterocycles. The van der Waals surface area contributed by atoms with Crippen LogP contribution in [0, 0.1) is 12.8 Å². The molecule has 1 atom stereocenters. The van der Waals surface area contributed by atoms with Crippen LogP contribution in [0.3, 0.4) is 0 Å². The second-order valence-corrected chi connectivity index (χ2v) is 5.24. The monoisotopic (exact) mass is 252 g/mol. The first-order valence-electron chi connectivity index (χ1n) is 6.51. The summed E-state index contributed by atoms with van der Waals surface area (Å²) in [4.78, 5) is 6.81. The van der Waals surface area contributed by atoms with E-state index >= 15 is 0 Å². The van der Waals surface area contributed by atoms with Crippen LogP contribution in [0.25, 0.3) is 0 Å². The summed E-state index contributed by atoms with van der Waals surface area (Å²) >= 11 is 5.99. The molecule has 2 heterocycles. The van der Waals surface area contributed by atoms with Crippen molar-refractivity contribution in [3.8, 4) is 0 Å². The van der Waals surface area contributed by atoms with Crippen molar-refractivity contribution < 1.29 is 0 Å². The highest BCUT2D eigenvalue weighted by molar-refractivity contribution is 6.17. The lowest BCUT2D eigenvalue weighted by Crippen LogP contribution is -2.21. The zero-order valence-electron chi connectivity index (χ0n) is 10.7. The molecule has 1 aliphatic rings. The van der Waals surface area contributed by atoms with Crippen molar-refractivity contribution in [2.24, 2.45) is 5.92 Å². The SMILES string of the molecule is CCCC1CCN(c2cc(C)ncc2CCl)C1. The van der Waals surface area contributed by atoms with Crippen LogP contribution in [-0.2, 0) is 5.88 Å². The van der Waals surface area contributed by atoms with Gasteiger partial charge in [-0.1, -0.05) is 13.3 Å². The molecular formula is C14H21ClN2. The summed E-state index contributed by atoms with van der Waals surface area (Å²) in [6.07, 6.45) is 5.87. The van der Waals surface area contributed by atoms with Crippen LogP contribution >= 0.6 is 11.6 Å². The average Bonchev–Trinajstić information content (AvgIpc) is 2.78. The number of hydrogen-bond donors (Lipinski definition) is 0. The Kier molecular flexibility index (Phi) is 4.27. The number of anilines is 1. The van der Waals surface area contributed by atoms with Gasteiger partial charge < -0.3 is 4.90 Å². The van der Waals surface area contributed by atoms with Crippen molar-refractivity contribution in [3.63, 3.8) is 0 Å². The quantitative estimate of drug-likeness (QED) is 0.759. The van der Waals surface area contributed by atoms with Crippen molar-refractivity contribution in [1.82, 2.24) is 4.98 Å². The summed E-state index contributed by atoms with van der Waals surface area (Å²) in [5.74, 6) is 1.41. The van der Waals surface area contributed by atoms with E-state index in [0.29, 0.717) is 5.88 Å². The van der Waals surface area contributed by atoms with Gasteiger partial charge in [-0.15, -0.1) is 11.6 Å². The van der Waals surface area contributed by atoms with E-state index in [9.17, 15) is 0 Å². The van der Waals surface area contributed by atoms with E-state index in [1.165, 1.54) is 31.5 Å². The molecule has 1 aliphatic heterocycles. The highest BCUT2D eigenvalue weighted by Gasteiger charge is 2.23. The minimum absolute atomic E-state index is 0.553. The van der Waals surface area contributed by atoms with E-state index in [1.54, 1.807) is 0 Å². The molecule has 17 heavy (non-hydrogen) atoms. The molecule has 94 valence electrons. The summed E-state index contributed by atoms with van der Waals surface area (Å²) in [6.45, 7) is 6.66. The third-order valence-corrected chi connectivity index (χ3v) is 3.85. The minimum Gasteiger partial charge on any atom is -0.371 e. The number of aryl methyl sites for hydroxylation is 1. The van der Waals surface area contributed by atoms with Crippen LogP contribution in [0.2, 0.25) is 0 Å². The van der Waals surface area contributed by atoms with Gasteiger partial charge >= 0.3 is 0 Å². The number of aromatic nitrogens is 1. The molecule has 1 aromatic heterocycles. The Labute approximate surface area is 109 Å². The molecule has 1 aromatic rings. The highest BCUT2D eigenvalue weighted by Crippen LogP contribution is 2.29. The molecule has 1 unspecified atom stereocenters. The van der Waals surface area contributed by atoms with E-state index in [1.807, 2.05) is 13.1 Å². The van der Waals surface area contributed by atoms with Gasteiger partial charge in [-0.2, -0.15) is 0 Å². The van der Waals surface area contributed by atoms with E-state index in [-0.39, 0.29) is 0 Å². The Bertz CT molecular complexity index is 378. The standard InChI is InChI=1S/C14H21ClN2/c1-3-4-12-5-6-17(10-12)14-7-11(2)16-9-13(14)8-15/h7,9,12H,3-6,8,10H2,1-2H3. The maximum atomic E-state index is 5.99. The van der Waals surface area contributed by atoms with Gasteiger partial charge in [0.2, 0.25) is 0 Å². The number of hydrogen-bond acceptors (Lipinski definition) is 2. The molecule has 0 aromatic carbocycles. The zero-order chi connectivity index (χ0) is 12.3. The fourth-order valence-corrected chi connectivity index (χ4v) is 2.87. The van der Waals surface area contributed by atoms with Gasteiger partial charge in [-0.05, 0) is 31.7 Å². The van der Waals surface area contributed by atoms with Crippen LogP contribution < -0.4 is 4.90 Å². The van der Waals surface area contributed by atoms with E-state index < -0.39 is 0 Å². The van der Waals surface area contributed by atoms with E-state index in [0.717, 1.165) is 23.7 Å². The lowest BCUT2D eigenvalue weighted by atomic mass is 10.0. The fourth-order valence-electron chi connectivity index (χ4n) is 2.67. The Hall–Kier alpha value is -0.760. The van der Waals surface area contributed by atoms with Crippen LogP contribution in [0.5, 0.6) is 0 Å². The fraction of sp³-hybridized carbons (Fsp3) is 0.643. The molecule has 0 radical (unpaired) electrons. The summed E-state index contributed by atoms with van der Waals surface area (Å²) in [5.41, 5.74) is 3.54. The highest BCUT2D eigenvalue weighted by atomic mass is 35.5. The lowest BCUT2D eigenvalue weighted by Gasteiger charge is -2.21. The molecule has 2 rings (SSSR count). The molecule has 0 saturated carbocycles. The molecule has 0 amide bonds. The lowest BCUT2D eigenvalue weighted by molar-refractivity contribution is 0.530. The van der Waals surface area contributed by atoms with Gasteiger partial charge in [0.15, 0.2) is 0 Å². The smallest absolute Gasteiger partial charge is 0.0509 e. The maximum Gasteiger partial charge on any atom is 0.0509 e. The number of pyridine rings is 1. The van der Waals surface area contributed by atoms with Gasteiger partial charge in [0.05, 0.1) is 5.88 Å². The topological polar surface area (TPSA) is 16.1 Å². The van der Waals surface area contributed by atoms with Crippen LogP contribution in [-0.4, -0.2) is 18.1 Å².